The van der Waals surface area contributed by atoms with Gasteiger partial charge in [0.2, 0.25) is 0 Å². The summed E-state index contributed by atoms with van der Waals surface area (Å²) in [5.41, 5.74) is 20.4. The summed E-state index contributed by atoms with van der Waals surface area (Å²) in [6, 6.07) is 116. The molecule has 0 bridgehead atoms. The lowest BCUT2D eigenvalue weighted by atomic mass is 9.85. The van der Waals surface area contributed by atoms with Crippen LogP contribution in [-0.4, -0.2) is 0 Å². The molecule has 2 nitrogen and oxygen atoms in total. The van der Waals surface area contributed by atoms with E-state index in [0.29, 0.717) is 0 Å². The highest BCUT2D eigenvalue weighted by Crippen LogP contribution is 2.49. The van der Waals surface area contributed by atoms with Gasteiger partial charge in [0.1, 0.15) is 22.3 Å². The van der Waals surface area contributed by atoms with E-state index in [1.54, 1.807) is 0 Å². The van der Waals surface area contributed by atoms with E-state index in [1.165, 1.54) is 148 Å². The molecule has 0 amide bonds. The molecule has 19 aromatic rings. The minimum Gasteiger partial charge on any atom is -0.456 e. The number of benzene rings is 17. The molecule has 2 aromatic heterocycles. The van der Waals surface area contributed by atoms with Gasteiger partial charge in [0.25, 0.3) is 0 Å². The Kier molecular flexibility index (Phi) is 11.1. The van der Waals surface area contributed by atoms with Gasteiger partial charge in [0, 0.05) is 21.5 Å². The van der Waals surface area contributed by atoms with Gasteiger partial charge >= 0.3 is 0 Å². The highest BCUT2D eigenvalue weighted by molar-refractivity contribution is 6.25. The summed E-state index contributed by atoms with van der Waals surface area (Å²) in [5, 5.41) is 21.4. The molecule has 0 N–H and O–H groups in total. The van der Waals surface area contributed by atoms with E-state index >= 15 is 0 Å². The van der Waals surface area contributed by atoms with Crippen LogP contribution in [0.1, 0.15) is 0 Å². The smallest absolute Gasteiger partial charge is 0.136 e. The SMILES string of the molecule is c1ccc(-c2cccc(-c3c4ccccc4c(-c4ccc5oc6cc7c(-c8ccc9c(-c%10ccc(-c%11c%12ccccc%12c(-c%12ccc%13oc%14cc%15ccccc%15cc%14c%13c%12)c%12ccccc%11%12)cc%10)cccc9c8)cccc7cc6c5c4)c4ccccc34)c2)cc1. The van der Waals surface area contributed by atoms with E-state index in [2.05, 4.69) is 315 Å². The van der Waals surface area contributed by atoms with Crippen molar-refractivity contribution in [3.8, 4) is 77.9 Å². The van der Waals surface area contributed by atoms with Gasteiger partial charge in [-0.05, 0) is 214 Å². The molecule has 0 fully saturated rings. The summed E-state index contributed by atoms with van der Waals surface area (Å²) in [7, 11) is 0. The summed E-state index contributed by atoms with van der Waals surface area (Å²) in [6.45, 7) is 0. The van der Waals surface area contributed by atoms with Crippen molar-refractivity contribution in [3.05, 3.63) is 315 Å². The highest BCUT2D eigenvalue weighted by Gasteiger charge is 2.22. The molecule has 2 heterocycles. The van der Waals surface area contributed by atoms with Crippen LogP contribution in [0.15, 0.2) is 324 Å². The van der Waals surface area contributed by atoms with Crippen LogP contribution in [-0.2, 0) is 0 Å². The standard InChI is InChI=1S/C88H52O2/c1-2-17-53(18-3-1)56-21-14-24-62(45-56)86-72-29-10-12-31-74(72)88(75-32-13-11-30-73(75)86)64-41-44-82-78(50-64)80-48-60-23-16-34-66(76(60)52-84(80)90-82)61-39-42-67-59(46-61)22-15-33-65(67)54-35-37-55(38-36-54)85-68-25-6-8-27-70(68)87(71-28-9-7-26-69(71)85)63-40-43-81-77(49-63)79-47-57-19-4-5-20-58(57)51-83(79)89-81/h1-52H. The van der Waals surface area contributed by atoms with Gasteiger partial charge in [-0.25, -0.2) is 0 Å². The Morgan fingerprint density at radius 1 is 0.144 bits per heavy atom. The third-order valence-electron chi connectivity index (χ3n) is 19.2. The summed E-state index contributed by atoms with van der Waals surface area (Å²) in [6.07, 6.45) is 0. The number of hydrogen-bond acceptors (Lipinski definition) is 2. The van der Waals surface area contributed by atoms with Crippen LogP contribution in [0.25, 0.3) is 197 Å². The van der Waals surface area contributed by atoms with Gasteiger partial charge < -0.3 is 8.83 Å². The van der Waals surface area contributed by atoms with Gasteiger partial charge in [-0.2, -0.15) is 0 Å². The zero-order valence-electron chi connectivity index (χ0n) is 48.8. The Labute approximate surface area is 518 Å². The van der Waals surface area contributed by atoms with Crippen molar-refractivity contribution in [3.63, 3.8) is 0 Å². The van der Waals surface area contributed by atoms with Crippen molar-refractivity contribution in [2.45, 2.75) is 0 Å². The van der Waals surface area contributed by atoms with Crippen LogP contribution in [0.2, 0.25) is 0 Å². The molecule has 0 atom stereocenters. The molecule has 19 rings (SSSR count). The average molecular weight is 1140 g/mol. The lowest BCUT2D eigenvalue weighted by Crippen LogP contribution is -1.91. The number of fused-ring (bicyclic) bond motifs is 13. The molecule has 0 aliphatic heterocycles. The molecule has 90 heavy (non-hydrogen) atoms. The highest BCUT2D eigenvalue weighted by atomic mass is 16.3. The molecule has 0 unspecified atom stereocenters. The lowest BCUT2D eigenvalue weighted by molar-refractivity contribution is 0.669. The predicted molar refractivity (Wildman–Crippen MR) is 382 cm³/mol. The quantitative estimate of drug-likeness (QED) is 0.149. The maximum Gasteiger partial charge on any atom is 0.136 e. The second-order valence-corrected chi connectivity index (χ2v) is 24.1. The van der Waals surface area contributed by atoms with E-state index in [4.69, 9.17) is 8.83 Å². The van der Waals surface area contributed by atoms with Gasteiger partial charge in [0.15, 0.2) is 0 Å². The van der Waals surface area contributed by atoms with Gasteiger partial charge in [0.05, 0.1) is 0 Å². The molecule has 0 aliphatic carbocycles. The molecule has 0 aliphatic rings. The van der Waals surface area contributed by atoms with E-state index < -0.39 is 0 Å². The summed E-state index contributed by atoms with van der Waals surface area (Å²) >= 11 is 0. The zero-order chi connectivity index (χ0) is 59.0. The van der Waals surface area contributed by atoms with Crippen molar-refractivity contribution in [2.24, 2.45) is 0 Å². The normalized spacial score (nSPS) is 12.0. The second kappa shape index (κ2) is 19.8. The minimum absolute atomic E-state index is 0.877. The first-order valence-corrected chi connectivity index (χ1v) is 31.0. The molecule has 17 aromatic carbocycles. The third-order valence-corrected chi connectivity index (χ3v) is 19.2. The molecular formula is C88H52O2. The lowest BCUT2D eigenvalue weighted by Gasteiger charge is -2.18. The molecule has 0 spiro atoms. The largest absolute Gasteiger partial charge is 0.456 e. The van der Waals surface area contributed by atoms with E-state index in [9.17, 15) is 0 Å². The number of hydrogen-bond donors (Lipinski definition) is 0. The van der Waals surface area contributed by atoms with Gasteiger partial charge in [-0.15, -0.1) is 0 Å². The first-order chi connectivity index (χ1) is 44.6. The monoisotopic (exact) mass is 1140 g/mol. The topological polar surface area (TPSA) is 26.3 Å². The Bertz CT molecular complexity index is 6090. The fraction of sp³-hybridized carbons (Fsp3) is 0. The second-order valence-electron chi connectivity index (χ2n) is 24.1. The maximum absolute atomic E-state index is 6.81. The van der Waals surface area contributed by atoms with E-state index in [-0.39, 0.29) is 0 Å². The molecule has 0 saturated carbocycles. The van der Waals surface area contributed by atoms with E-state index in [1.807, 2.05) is 0 Å². The van der Waals surface area contributed by atoms with E-state index in [0.717, 1.165) is 49.3 Å². The van der Waals surface area contributed by atoms with Gasteiger partial charge in [-0.1, -0.05) is 255 Å². The van der Waals surface area contributed by atoms with Crippen molar-refractivity contribution >= 4 is 119 Å². The Balaban J connectivity index is 0.667. The van der Waals surface area contributed by atoms with Crippen LogP contribution >= 0.6 is 0 Å². The summed E-state index contributed by atoms with van der Waals surface area (Å²) in [5.74, 6) is 0. The van der Waals surface area contributed by atoms with Crippen LogP contribution in [0.5, 0.6) is 0 Å². The minimum atomic E-state index is 0.877. The molecular weight excluding hydrogens is 1090 g/mol. The first kappa shape index (κ1) is 50.3. The van der Waals surface area contributed by atoms with Crippen LogP contribution in [0.3, 0.4) is 0 Å². The first-order valence-electron chi connectivity index (χ1n) is 31.0. The van der Waals surface area contributed by atoms with Crippen LogP contribution in [0, 0.1) is 0 Å². The maximum atomic E-state index is 6.81. The average Bonchev–Trinajstić information content (AvgIpc) is 1.11. The zero-order valence-corrected chi connectivity index (χ0v) is 48.8. The van der Waals surface area contributed by atoms with Crippen molar-refractivity contribution < 1.29 is 8.83 Å². The fourth-order valence-corrected chi connectivity index (χ4v) is 15.1. The molecule has 0 radical (unpaired) electrons. The summed E-state index contributed by atoms with van der Waals surface area (Å²) < 4.78 is 13.3. The van der Waals surface area contributed by atoms with Crippen molar-refractivity contribution in [1.82, 2.24) is 0 Å². The van der Waals surface area contributed by atoms with Crippen LogP contribution < -0.4 is 0 Å². The van der Waals surface area contributed by atoms with Crippen molar-refractivity contribution in [1.29, 1.82) is 0 Å². The van der Waals surface area contributed by atoms with Gasteiger partial charge in [-0.3, -0.25) is 0 Å². The Hall–Kier alpha value is -11.8. The summed E-state index contributed by atoms with van der Waals surface area (Å²) in [4.78, 5) is 0. The Morgan fingerprint density at radius 2 is 0.511 bits per heavy atom. The number of furan rings is 2. The molecule has 0 saturated heterocycles. The Morgan fingerprint density at radius 3 is 1.07 bits per heavy atom. The third kappa shape index (κ3) is 7.85. The van der Waals surface area contributed by atoms with Crippen molar-refractivity contribution in [2.75, 3.05) is 0 Å². The fourth-order valence-electron chi connectivity index (χ4n) is 15.1. The molecule has 416 valence electrons. The predicted octanol–water partition coefficient (Wildman–Crippen LogP) is 25.2. The van der Waals surface area contributed by atoms with Crippen LogP contribution in [0.4, 0.5) is 0 Å². The number of rotatable bonds is 7. The molecule has 2 heteroatoms.